The van der Waals surface area contributed by atoms with Crippen LogP contribution in [0.4, 0.5) is 8.78 Å². The van der Waals surface area contributed by atoms with Crippen molar-refractivity contribution in [2.45, 2.75) is 32.3 Å². The van der Waals surface area contributed by atoms with Crippen LogP contribution in [0, 0.1) is 11.6 Å². The van der Waals surface area contributed by atoms with E-state index < -0.39 is 11.6 Å². The van der Waals surface area contributed by atoms with Crippen molar-refractivity contribution >= 4 is 5.91 Å². The van der Waals surface area contributed by atoms with E-state index in [1.807, 2.05) is 6.92 Å². The molecule has 0 aliphatic carbocycles. The van der Waals surface area contributed by atoms with Gasteiger partial charge in [-0.2, -0.15) is 0 Å². The standard InChI is InChI=1S/C15H19F2NO2/c1-2-12-10-18(7-8-20-12)15(19)6-4-11-3-5-13(16)14(17)9-11/h3,5,9,12H,2,4,6-8,10H2,1H3. The van der Waals surface area contributed by atoms with Crippen LogP contribution in [-0.2, 0) is 16.0 Å². The van der Waals surface area contributed by atoms with Crippen LogP contribution in [0.25, 0.3) is 0 Å². The summed E-state index contributed by atoms with van der Waals surface area (Å²) >= 11 is 0. The molecule has 0 bridgehead atoms. The average Bonchev–Trinajstić information content (AvgIpc) is 2.48. The van der Waals surface area contributed by atoms with Crippen molar-refractivity contribution in [1.82, 2.24) is 4.90 Å². The maximum atomic E-state index is 13.1. The van der Waals surface area contributed by atoms with Crippen molar-refractivity contribution in [1.29, 1.82) is 0 Å². The molecule has 110 valence electrons. The lowest BCUT2D eigenvalue weighted by Crippen LogP contribution is -2.45. The number of hydrogen-bond donors (Lipinski definition) is 0. The first-order valence-corrected chi connectivity index (χ1v) is 6.93. The molecule has 1 aromatic carbocycles. The van der Waals surface area contributed by atoms with Crippen molar-refractivity contribution in [2.24, 2.45) is 0 Å². The molecule has 20 heavy (non-hydrogen) atoms. The fraction of sp³-hybridized carbons (Fsp3) is 0.533. The van der Waals surface area contributed by atoms with E-state index >= 15 is 0 Å². The highest BCUT2D eigenvalue weighted by molar-refractivity contribution is 5.76. The molecule has 1 fully saturated rings. The second-order valence-electron chi connectivity index (χ2n) is 4.99. The quantitative estimate of drug-likeness (QED) is 0.850. The lowest BCUT2D eigenvalue weighted by molar-refractivity contribution is -0.138. The van der Waals surface area contributed by atoms with Crippen LogP contribution in [0.15, 0.2) is 18.2 Å². The lowest BCUT2D eigenvalue weighted by Gasteiger charge is -2.32. The molecule has 0 aromatic heterocycles. The maximum Gasteiger partial charge on any atom is 0.223 e. The average molecular weight is 283 g/mol. The Balaban J connectivity index is 1.86. The summed E-state index contributed by atoms with van der Waals surface area (Å²) in [6.07, 6.45) is 1.72. The third kappa shape index (κ3) is 3.76. The Hall–Kier alpha value is -1.49. The number of carbonyl (C=O) groups excluding carboxylic acids is 1. The first-order chi connectivity index (χ1) is 9.60. The molecule has 1 saturated heterocycles. The van der Waals surface area contributed by atoms with E-state index in [9.17, 15) is 13.6 Å². The van der Waals surface area contributed by atoms with Crippen molar-refractivity contribution in [3.63, 3.8) is 0 Å². The predicted octanol–water partition coefficient (Wildman–Crippen LogP) is 2.53. The minimum atomic E-state index is -0.868. The van der Waals surface area contributed by atoms with Gasteiger partial charge < -0.3 is 9.64 Å². The van der Waals surface area contributed by atoms with E-state index in [2.05, 4.69) is 0 Å². The second-order valence-corrected chi connectivity index (χ2v) is 4.99. The largest absolute Gasteiger partial charge is 0.375 e. The monoisotopic (exact) mass is 283 g/mol. The molecule has 3 nitrogen and oxygen atoms in total. The van der Waals surface area contributed by atoms with Gasteiger partial charge in [-0.1, -0.05) is 13.0 Å². The molecule has 1 heterocycles. The zero-order valence-electron chi connectivity index (χ0n) is 11.6. The first-order valence-electron chi connectivity index (χ1n) is 6.93. The topological polar surface area (TPSA) is 29.5 Å². The molecule has 5 heteroatoms. The maximum absolute atomic E-state index is 13.1. The Morgan fingerprint density at radius 3 is 2.90 bits per heavy atom. The number of aryl methyl sites for hydroxylation is 1. The normalized spacial score (nSPS) is 19.1. The van der Waals surface area contributed by atoms with Gasteiger partial charge >= 0.3 is 0 Å². The van der Waals surface area contributed by atoms with Crippen LogP contribution in [0.2, 0.25) is 0 Å². The van der Waals surface area contributed by atoms with Gasteiger partial charge in [-0.25, -0.2) is 8.78 Å². The number of ether oxygens (including phenoxy) is 1. The van der Waals surface area contributed by atoms with E-state index in [0.717, 1.165) is 18.6 Å². The molecule has 1 unspecified atom stereocenters. The Morgan fingerprint density at radius 2 is 2.20 bits per heavy atom. The van der Waals surface area contributed by atoms with Crippen LogP contribution >= 0.6 is 0 Å². The smallest absolute Gasteiger partial charge is 0.223 e. The fourth-order valence-corrected chi connectivity index (χ4v) is 2.30. The van der Waals surface area contributed by atoms with Crippen LogP contribution in [-0.4, -0.2) is 36.6 Å². The van der Waals surface area contributed by atoms with Gasteiger partial charge in [0.25, 0.3) is 0 Å². The number of benzene rings is 1. The van der Waals surface area contributed by atoms with E-state index in [-0.39, 0.29) is 12.0 Å². The lowest BCUT2D eigenvalue weighted by atomic mass is 10.1. The summed E-state index contributed by atoms with van der Waals surface area (Å²) in [4.78, 5) is 13.9. The van der Waals surface area contributed by atoms with Gasteiger partial charge in [0.1, 0.15) is 0 Å². The van der Waals surface area contributed by atoms with Gasteiger partial charge in [0.15, 0.2) is 11.6 Å². The summed E-state index contributed by atoms with van der Waals surface area (Å²) in [6.45, 7) is 3.82. The van der Waals surface area contributed by atoms with Crippen LogP contribution < -0.4 is 0 Å². The number of halogens is 2. The van der Waals surface area contributed by atoms with Crippen molar-refractivity contribution in [3.05, 3.63) is 35.4 Å². The van der Waals surface area contributed by atoms with Gasteiger partial charge in [-0.15, -0.1) is 0 Å². The Kier molecular flexibility index (Phi) is 5.06. The Bertz CT molecular complexity index is 479. The zero-order valence-corrected chi connectivity index (χ0v) is 11.6. The molecular formula is C15H19F2NO2. The summed E-state index contributed by atoms with van der Waals surface area (Å²) < 4.78 is 31.4. The number of carbonyl (C=O) groups is 1. The number of nitrogens with zero attached hydrogens (tertiary/aromatic N) is 1. The van der Waals surface area contributed by atoms with E-state index in [1.54, 1.807) is 4.90 Å². The van der Waals surface area contributed by atoms with E-state index in [0.29, 0.717) is 38.1 Å². The fourth-order valence-electron chi connectivity index (χ4n) is 2.30. The third-order valence-electron chi connectivity index (χ3n) is 3.56. The van der Waals surface area contributed by atoms with Gasteiger partial charge in [-0.05, 0) is 30.5 Å². The summed E-state index contributed by atoms with van der Waals surface area (Å²) in [7, 11) is 0. The van der Waals surface area contributed by atoms with E-state index in [4.69, 9.17) is 4.74 Å². The van der Waals surface area contributed by atoms with Gasteiger partial charge in [0.05, 0.1) is 12.7 Å². The molecule has 0 spiro atoms. The first kappa shape index (κ1) is 14.9. The van der Waals surface area contributed by atoms with Crippen molar-refractivity contribution < 1.29 is 18.3 Å². The number of amides is 1. The molecule has 1 amide bonds. The van der Waals surface area contributed by atoms with Gasteiger partial charge in [0.2, 0.25) is 5.91 Å². The Labute approximate surface area is 117 Å². The molecule has 1 aliphatic rings. The molecule has 0 radical (unpaired) electrons. The number of rotatable bonds is 4. The second kappa shape index (κ2) is 6.79. The molecule has 1 atom stereocenters. The molecule has 1 aromatic rings. The molecule has 2 rings (SSSR count). The van der Waals surface area contributed by atoms with Crippen LogP contribution in [0.1, 0.15) is 25.3 Å². The highest BCUT2D eigenvalue weighted by Crippen LogP contribution is 2.13. The highest BCUT2D eigenvalue weighted by Gasteiger charge is 2.22. The summed E-state index contributed by atoms with van der Waals surface area (Å²) in [5.41, 5.74) is 0.637. The van der Waals surface area contributed by atoms with Crippen molar-refractivity contribution in [2.75, 3.05) is 19.7 Å². The molecule has 0 saturated carbocycles. The third-order valence-corrected chi connectivity index (χ3v) is 3.56. The SMILES string of the molecule is CCC1CN(C(=O)CCc2ccc(F)c(F)c2)CCO1. The molecule has 0 N–H and O–H groups in total. The summed E-state index contributed by atoms with van der Waals surface area (Å²) in [5.74, 6) is -1.69. The van der Waals surface area contributed by atoms with Gasteiger partial charge in [-0.3, -0.25) is 4.79 Å². The van der Waals surface area contributed by atoms with Gasteiger partial charge in [0, 0.05) is 19.5 Å². The summed E-state index contributed by atoms with van der Waals surface area (Å²) in [5, 5.41) is 0. The molecule has 1 aliphatic heterocycles. The molecular weight excluding hydrogens is 264 g/mol. The van der Waals surface area contributed by atoms with Crippen LogP contribution in [0.5, 0.6) is 0 Å². The Morgan fingerprint density at radius 1 is 1.40 bits per heavy atom. The van der Waals surface area contributed by atoms with Crippen LogP contribution in [0.3, 0.4) is 0 Å². The number of hydrogen-bond acceptors (Lipinski definition) is 2. The highest BCUT2D eigenvalue weighted by atomic mass is 19.2. The number of morpholine rings is 1. The zero-order chi connectivity index (χ0) is 14.5. The van der Waals surface area contributed by atoms with E-state index in [1.165, 1.54) is 6.07 Å². The minimum Gasteiger partial charge on any atom is -0.375 e. The minimum absolute atomic E-state index is 0.0384. The van der Waals surface area contributed by atoms with Crippen molar-refractivity contribution in [3.8, 4) is 0 Å². The summed E-state index contributed by atoms with van der Waals surface area (Å²) in [6, 6.07) is 3.76. The predicted molar refractivity (Wildman–Crippen MR) is 71.3 cm³/mol.